The van der Waals surface area contributed by atoms with Crippen LogP contribution in [0.15, 0.2) is 24.3 Å². The van der Waals surface area contributed by atoms with E-state index in [0.29, 0.717) is 23.5 Å². The summed E-state index contributed by atoms with van der Waals surface area (Å²) in [7, 11) is 0. The second-order valence-corrected chi connectivity index (χ2v) is 5.99. The number of carbonyl (C=O) groups excluding carboxylic acids is 2. The quantitative estimate of drug-likeness (QED) is 0.843. The highest BCUT2D eigenvalue weighted by Crippen LogP contribution is 2.20. The first-order valence-corrected chi connectivity index (χ1v) is 8.22. The van der Waals surface area contributed by atoms with Crippen molar-refractivity contribution in [3.8, 4) is 5.69 Å². The first kappa shape index (κ1) is 16.2. The third-order valence-electron chi connectivity index (χ3n) is 3.93. The Morgan fingerprint density at radius 1 is 1.21 bits per heavy atom. The Balaban J connectivity index is 1.75. The normalized spacial score (nSPS) is 13.6. The molecule has 0 saturated heterocycles. The van der Waals surface area contributed by atoms with Crippen molar-refractivity contribution in [2.45, 2.75) is 39.2 Å². The van der Waals surface area contributed by atoms with Crippen LogP contribution >= 0.6 is 0 Å². The first-order valence-electron chi connectivity index (χ1n) is 8.22. The number of benzene rings is 1. The van der Waals surface area contributed by atoms with Gasteiger partial charge < -0.3 is 10.6 Å². The summed E-state index contributed by atoms with van der Waals surface area (Å²) in [5, 5.41) is 13.8. The van der Waals surface area contributed by atoms with Gasteiger partial charge in [0.25, 0.3) is 11.8 Å². The van der Waals surface area contributed by atoms with Crippen LogP contribution in [0.25, 0.3) is 5.69 Å². The molecule has 2 amide bonds. The lowest BCUT2D eigenvalue weighted by atomic mass is 10.2. The highest BCUT2D eigenvalue weighted by molar-refractivity contribution is 5.94. The van der Waals surface area contributed by atoms with Gasteiger partial charge >= 0.3 is 0 Å². The fourth-order valence-corrected chi connectivity index (χ4v) is 2.36. The van der Waals surface area contributed by atoms with E-state index >= 15 is 0 Å². The molecule has 24 heavy (non-hydrogen) atoms. The summed E-state index contributed by atoms with van der Waals surface area (Å²) in [6.45, 7) is 4.47. The van der Waals surface area contributed by atoms with Crippen molar-refractivity contribution >= 4 is 11.8 Å². The highest BCUT2D eigenvalue weighted by Gasteiger charge is 2.26. The van der Waals surface area contributed by atoms with E-state index in [0.717, 1.165) is 24.9 Å². The Morgan fingerprint density at radius 3 is 2.54 bits per heavy atom. The maximum absolute atomic E-state index is 12.1. The number of rotatable bonds is 6. The molecule has 0 bridgehead atoms. The molecule has 1 saturated carbocycles. The minimum atomic E-state index is -0.184. The summed E-state index contributed by atoms with van der Waals surface area (Å²) >= 11 is 0. The first-order chi connectivity index (χ1) is 11.6. The zero-order valence-corrected chi connectivity index (χ0v) is 13.9. The average molecular weight is 327 g/mol. The predicted octanol–water partition coefficient (Wildman–Crippen LogP) is 1.61. The molecule has 1 aliphatic rings. The molecule has 2 N–H and O–H groups in total. The molecule has 7 heteroatoms. The zero-order chi connectivity index (χ0) is 17.1. The third-order valence-corrected chi connectivity index (χ3v) is 3.93. The number of nitrogens with zero attached hydrogens (tertiary/aromatic N) is 3. The molecular weight excluding hydrogens is 306 g/mol. The lowest BCUT2D eigenvalue weighted by Crippen LogP contribution is -2.26. The summed E-state index contributed by atoms with van der Waals surface area (Å²) < 4.78 is 1.61. The molecule has 3 rings (SSSR count). The van der Waals surface area contributed by atoms with Gasteiger partial charge in [-0.15, -0.1) is 5.10 Å². The number of nitrogens with one attached hydrogen (secondary N) is 2. The summed E-state index contributed by atoms with van der Waals surface area (Å²) in [6.07, 6.45) is 2.95. The molecule has 1 aliphatic carbocycles. The van der Waals surface area contributed by atoms with Gasteiger partial charge in [-0.1, -0.05) is 12.1 Å². The SMILES string of the molecule is CCCNC(=O)c1ccc(-n2nnc(C(=O)NC3CC3)c2C)cc1. The van der Waals surface area contributed by atoms with Crippen molar-refractivity contribution in [2.75, 3.05) is 6.54 Å². The molecule has 1 heterocycles. The Morgan fingerprint density at radius 2 is 1.92 bits per heavy atom. The number of hydrogen-bond donors (Lipinski definition) is 2. The second kappa shape index (κ2) is 6.82. The third kappa shape index (κ3) is 3.45. The molecule has 0 atom stereocenters. The lowest BCUT2D eigenvalue weighted by molar-refractivity contribution is 0.0940. The Hall–Kier alpha value is -2.70. The van der Waals surface area contributed by atoms with Crippen LogP contribution in [-0.2, 0) is 0 Å². The number of hydrogen-bond acceptors (Lipinski definition) is 4. The molecule has 0 radical (unpaired) electrons. The van der Waals surface area contributed by atoms with Crippen molar-refractivity contribution in [1.82, 2.24) is 25.6 Å². The zero-order valence-electron chi connectivity index (χ0n) is 13.9. The van der Waals surface area contributed by atoms with E-state index in [1.807, 2.05) is 13.8 Å². The van der Waals surface area contributed by atoms with Crippen molar-refractivity contribution in [3.63, 3.8) is 0 Å². The Bertz CT molecular complexity index is 747. The fourth-order valence-electron chi connectivity index (χ4n) is 2.36. The summed E-state index contributed by atoms with van der Waals surface area (Å²) in [5.41, 5.74) is 2.37. The average Bonchev–Trinajstić information content (AvgIpc) is 3.32. The standard InChI is InChI=1S/C17H21N5O2/c1-3-10-18-16(23)12-4-8-14(9-5-12)22-11(2)15(20-21-22)17(24)19-13-6-7-13/h4-5,8-9,13H,3,6-7,10H2,1-2H3,(H,18,23)(H,19,24). The van der Waals surface area contributed by atoms with Crippen molar-refractivity contribution in [3.05, 3.63) is 41.2 Å². The van der Waals surface area contributed by atoms with Gasteiger partial charge in [-0.3, -0.25) is 9.59 Å². The van der Waals surface area contributed by atoms with Gasteiger partial charge in [-0.05, 0) is 50.5 Å². The molecule has 0 spiro atoms. The van der Waals surface area contributed by atoms with Gasteiger partial charge in [0.05, 0.1) is 11.4 Å². The molecule has 126 valence electrons. The maximum Gasteiger partial charge on any atom is 0.273 e. The van der Waals surface area contributed by atoms with Gasteiger partial charge in [-0.25, -0.2) is 4.68 Å². The van der Waals surface area contributed by atoms with Crippen LogP contribution in [0.2, 0.25) is 0 Å². The highest BCUT2D eigenvalue weighted by atomic mass is 16.2. The van der Waals surface area contributed by atoms with Crippen molar-refractivity contribution < 1.29 is 9.59 Å². The minimum Gasteiger partial charge on any atom is -0.352 e. The number of amides is 2. The molecule has 0 aliphatic heterocycles. The molecule has 0 unspecified atom stereocenters. The lowest BCUT2D eigenvalue weighted by Gasteiger charge is -2.06. The summed E-state index contributed by atoms with van der Waals surface area (Å²) in [4.78, 5) is 24.0. The number of aromatic nitrogens is 3. The van der Waals surface area contributed by atoms with Crippen molar-refractivity contribution in [1.29, 1.82) is 0 Å². The van der Waals surface area contributed by atoms with Gasteiger partial charge in [0.2, 0.25) is 0 Å². The van der Waals surface area contributed by atoms with Gasteiger partial charge in [-0.2, -0.15) is 0 Å². The predicted molar refractivity (Wildman–Crippen MR) is 89.2 cm³/mol. The van der Waals surface area contributed by atoms with Crippen LogP contribution < -0.4 is 10.6 Å². The maximum atomic E-state index is 12.1. The van der Waals surface area contributed by atoms with Gasteiger partial charge in [0.15, 0.2) is 5.69 Å². The molecule has 1 aromatic heterocycles. The van der Waals surface area contributed by atoms with Gasteiger partial charge in [0, 0.05) is 18.2 Å². The van der Waals surface area contributed by atoms with Crippen LogP contribution in [-0.4, -0.2) is 39.4 Å². The molecule has 2 aromatic rings. The smallest absolute Gasteiger partial charge is 0.273 e. The monoisotopic (exact) mass is 327 g/mol. The largest absolute Gasteiger partial charge is 0.352 e. The molecular formula is C17H21N5O2. The molecule has 1 fully saturated rings. The van der Waals surface area contributed by atoms with E-state index in [9.17, 15) is 9.59 Å². The van der Waals surface area contributed by atoms with E-state index in [2.05, 4.69) is 20.9 Å². The summed E-state index contributed by atoms with van der Waals surface area (Å²) in [6, 6.07) is 7.36. The fraction of sp³-hybridized carbons (Fsp3) is 0.412. The van der Waals surface area contributed by atoms with Crippen LogP contribution in [0.4, 0.5) is 0 Å². The van der Waals surface area contributed by atoms with E-state index in [-0.39, 0.29) is 17.9 Å². The van der Waals surface area contributed by atoms with Crippen LogP contribution in [0.5, 0.6) is 0 Å². The van der Waals surface area contributed by atoms with E-state index in [1.54, 1.807) is 28.9 Å². The molecule has 7 nitrogen and oxygen atoms in total. The van der Waals surface area contributed by atoms with Crippen LogP contribution in [0, 0.1) is 6.92 Å². The van der Waals surface area contributed by atoms with Crippen LogP contribution in [0.3, 0.4) is 0 Å². The summed E-state index contributed by atoms with van der Waals surface area (Å²) in [5.74, 6) is -0.278. The molecule has 1 aromatic carbocycles. The van der Waals surface area contributed by atoms with E-state index in [4.69, 9.17) is 0 Å². The Labute approximate surface area is 140 Å². The van der Waals surface area contributed by atoms with Crippen molar-refractivity contribution in [2.24, 2.45) is 0 Å². The number of carbonyl (C=O) groups is 2. The van der Waals surface area contributed by atoms with Gasteiger partial charge in [0.1, 0.15) is 0 Å². The van der Waals surface area contributed by atoms with E-state index < -0.39 is 0 Å². The Kier molecular flexibility index (Phi) is 4.59. The topological polar surface area (TPSA) is 88.9 Å². The second-order valence-electron chi connectivity index (χ2n) is 5.99. The van der Waals surface area contributed by atoms with Crippen LogP contribution in [0.1, 0.15) is 52.7 Å². The minimum absolute atomic E-state index is 0.0942. The van der Waals surface area contributed by atoms with E-state index in [1.165, 1.54) is 0 Å².